The van der Waals surface area contributed by atoms with Crippen LogP contribution in [0.15, 0.2) is 18.2 Å². The SMILES string of the molecule is CCSCCCN1C(=O)c2cccc(N)c2C1=O. The lowest BCUT2D eigenvalue weighted by molar-refractivity contribution is 0.0655. The summed E-state index contributed by atoms with van der Waals surface area (Å²) in [7, 11) is 0. The van der Waals surface area contributed by atoms with Crippen molar-refractivity contribution < 1.29 is 9.59 Å². The van der Waals surface area contributed by atoms with Gasteiger partial charge in [-0.25, -0.2) is 0 Å². The number of nitrogen functional groups attached to an aromatic ring is 1. The number of nitrogens with two attached hydrogens (primary N) is 1. The van der Waals surface area contributed by atoms with Crippen molar-refractivity contribution in [3.05, 3.63) is 29.3 Å². The van der Waals surface area contributed by atoms with E-state index in [0.717, 1.165) is 17.9 Å². The van der Waals surface area contributed by atoms with Gasteiger partial charge < -0.3 is 5.73 Å². The molecule has 0 saturated carbocycles. The Labute approximate surface area is 111 Å². The molecule has 1 aliphatic rings. The van der Waals surface area contributed by atoms with E-state index < -0.39 is 0 Å². The smallest absolute Gasteiger partial charge is 0.263 e. The van der Waals surface area contributed by atoms with Crippen molar-refractivity contribution in [2.45, 2.75) is 13.3 Å². The number of carbonyl (C=O) groups excluding carboxylic acids is 2. The van der Waals surface area contributed by atoms with Gasteiger partial charge in [0.1, 0.15) is 0 Å². The Bertz CT molecular complexity index is 488. The van der Waals surface area contributed by atoms with Crippen LogP contribution in [0.25, 0.3) is 0 Å². The second-order valence-corrected chi connectivity index (χ2v) is 5.48. The van der Waals surface area contributed by atoms with Gasteiger partial charge in [0.05, 0.1) is 11.1 Å². The summed E-state index contributed by atoms with van der Waals surface area (Å²) in [5.41, 5.74) is 6.94. The first kappa shape index (κ1) is 13.0. The molecule has 18 heavy (non-hydrogen) atoms. The van der Waals surface area contributed by atoms with Crippen LogP contribution in [0.3, 0.4) is 0 Å². The van der Waals surface area contributed by atoms with Crippen LogP contribution in [0.2, 0.25) is 0 Å². The van der Waals surface area contributed by atoms with Gasteiger partial charge in [0, 0.05) is 12.2 Å². The minimum atomic E-state index is -0.255. The lowest BCUT2D eigenvalue weighted by Gasteiger charge is -2.13. The molecule has 0 bridgehead atoms. The molecule has 1 aromatic rings. The molecule has 0 unspecified atom stereocenters. The lowest BCUT2D eigenvalue weighted by Crippen LogP contribution is -2.31. The predicted octanol–water partition coefficient (Wildman–Crippen LogP) is 2.01. The molecule has 0 atom stereocenters. The van der Waals surface area contributed by atoms with Crippen molar-refractivity contribution in [3.63, 3.8) is 0 Å². The molecule has 2 amide bonds. The Morgan fingerprint density at radius 2 is 2.06 bits per heavy atom. The highest BCUT2D eigenvalue weighted by Crippen LogP contribution is 2.27. The second kappa shape index (κ2) is 5.44. The Kier molecular flexibility index (Phi) is 3.91. The fourth-order valence-corrected chi connectivity index (χ4v) is 2.65. The molecule has 1 aromatic carbocycles. The van der Waals surface area contributed by atoms with E-state index in [0.29, 0.717) is 23.4 Å². The molecule has 5 heteroatoms. The summed E-state index contributed by atoms with van der Waals surface area (Å²) in [6.45, 7) is 2.56. The quantitative estimate of drug-likeness (QED) is 0.502. The molecule has 96 valence electrons. The highest BCUT2D eigenvalue weighted by atomic mass is 32.2. The van der Waals surface area contributed by atoms with E-state index in [2.05, 4.69) is 6.92 Å². The number of amides is 2. The maximum atomic E-state index is 12.1. The maximum Gasteiger partial charge on any atom is 0.263 e. The number of benzene rings is 1. The van der Waals surface area contributed by atoms with E-state index in [9.17, 15) is 9.59 Å². The average molecular weight is 264 g/mol. The molecule has 1 heterocycles. The number of rotatable bonds is 5. The number of hydrogen-bond acceptors (Lipinski definition) is 4. The van der Waals surface area contributed by atoms with Gasteiger partial charge in [-0.05, 0) is 30.1 Å². The summed E-state index contributed by atoms with van der Waals surface area (Å²) in [6.07, 6.45) is 0.823. The van der Waals surface area contributed by atoms with Gasteiger partial charge in [-0.3, -0.25) is 14.5 Å². The van der Waals surface area contributed by atoms with Crippen LogP contribution >= 0.6 is 11.8 Å². The van der Waals surface area contributed by atoms with Crippen LogP contribution in [0, 0.1) is 0 Å². The number of fused-ring (bicyclic) bond motifs is 1. The Hall–Kier alpha value is -1.49. The summed E-state index contributed by atoms with van der Waals surface area (Å²) in [5.74, 6) is 1.53. The molecule has 4 nitrogen and oxygen atoms in total. The largest absolute Gasteiger partial charge is 0.398 e. The number of carbonyl (C=O) groups is 2. The van der Waals surface area contributed by atoms with Crippen LogP contribution in [0.4, 0.5) is 5.69 Å². The van der Waals surface area contributed by atoms with Crippen molar-refractivity contribution in [2.24, 2.45) is 0 Å². The topological polar surface area (TPSA) is 63.4 Å². The molecule has 0 spiro atoms. The van der Waals surface area contributed by atoms with Gasteiger partial charge in [0.25, 0.3) is 11.8 Å². The van der Waals surface area contributed by atoms with Crippen molar-refractivity contribution in [1.82, 2.24) is 4.90 Å². The number of anilines is 1. The van der Waals surface area contributed by atoms with Crippen LogP contribution in [0.5, 0.6) is 0 Å². The molecule has 0 fully saturated rings. The van der Waals surface area contributed by atoms with Gasteiger partial charge in [0.15, 0.2) is 0 Å². The van der Waals surface area contributed by atoms with Crippen LogP contribution in [0.1, 0.15) is 34.1 Å². The van der Waals surface area contributed by atoms with E-state index in [-0.39, 0.29) is 11.8 Å². The highest BCUT2D eigenvalue weighted by Gasteiger charge is 2.36. The Morgan fingerprint density at radius 3 is 2.72 bits per heavy atom. The van der Waals surface area contributed by atoms with Crippen LogP contribution in [-0.2, 0) is 0 Å². The summed E-state index contributed by atoms with van der Waals surface area (Å²) in [5, 5.41) is 0. The fraction of sp³-hybridized carbons (Fsp3) is 0.385. The van der Waals surface area contributed by atoms with E-state index in [1.165, 1.54) is 4.90 Å². The van der Waals surface area contributed by atoms with Crippen molar-refractivity contribution >= 4 is 29.3 Å². The summed E-state index contributed by atoms with van der Waals surface area (Å²) in [6, 6.07) is 5.02. The molecule has 0 radical (unpaired) electrons. The minimum absolute atomic E-state index is 0.219. The fourth-order valence-electron chi connectivity index (χ4n) is 2.03. The van der Waals surface area contributed by atoms with Crippen molar-refractivity contribution in [3.8, 4) is 0 Å². The molecule has 2 rings (SSSR count). The Balaban J connectivity index is 2.11. The number of nitrogens with zero attached hydrogens (tertiary/aromatic N) is 1. The monoisotopic (exact) mass is 264 g/mol. The van der Waals surface area contributed by atoms with E-state index >= 15 is 0 Å². The number of hydrogen-bond donors (Lipinski definition) is 1. The van der Waals surface area contributed by atoms with Gasteiger partial charge in [-0.1, -0.05) is 13.0 Å². The molecule has 0 saturated heterocycles. The predicted molar refractivity (Wildman–Crippen MR) is 73.8 cm³/mol. The van der Waals surface area contributed by atoms with Gasteiger partial charge >= 0.3 is 0 Å². The van der Waals surface area contributed by atoms with Crippen molar-refractivity contribution in [1.29, 1.82) is 0 Å². The van der Waals surface area contributed by atoms with Gasteiger partial charge in [0.2, 0.25) is 0 Å². The summed E-state index contributed by atoms with van der Waals surface area (Å²) >= 11 is 1.81. The Morgan fingerprint density at radius 1 is 1.28 bits per heavy atom. The van der Waals surface area contributed by atoms with E-state index in [1.54, 1.807) is 30.0 Å². The van der Waals surface area contributed by atoms with Crippen molar-refractivity contribution in [2.75, 3.05) is 23.8 Å². The maximum absolute atomic E-state index is 12.1. The first-order chi connectivity index (χ1) is 8.66. The zero-order valence-electron chi connectivity index (χ0n) is 10.3. The first-order valence-electron chi connectivity index (χ1n) is 5.99. The normalized spacial score (nSPS) is 14.2. The third-order valence-corrected chi connectivity index (χ3v) is 3.89. The molecular weight excluding hydrogens is 248 g/mol. The summed E-state index contributed by atoms with van der Waals surface area (Å²) in [4.78, 5) is 25.5. The lowest BCUT2D eigenvalue weighted by atomic mass is 10.1. The molecule has 1 aliphatic heterocycles. The minimum Gasteiger partial charge on any atom is -0.398 e. The zero-order valence-corrected chi connectivity index (χ0v) is 11.1. The highest BCUT2D eigenvalue weighted by molar-refractivity contribution is 7.99. The van der Waals surface area contributed by atoms with E-state index in [1.807, 2.05) is 0 Å². The molecule has 0 aromatic heterocycles. The molecule has 2 N–H and O–H groups in total. The first-order valence-corrected chi connectivity index (χ1v) is 7.14. The van der Waals surface area contributed by atoms with E-state index in [4.69, 9.17) is 5.73 Å². The van der Waals surface area contributed by atoms with Gasteiger partial charge in [-0.15, -0.1) is 0 Å². The van der Waals surface area contributed by atoms with Crippen LogP contribution < -0.4 is 5.73 Å². The molecule has 0 aliphatic carbocycles. The number of imide groups is 1. The average Bonchev–Trinajstić information content (AvgIpc) is 2.60. The van der Waals surface area contributed by atoms with Crippen LogP contribution in [-0.4, -0.2) is 34.8 Å². The third kappa shape index (κ3) is 2.22. The summed E-state index contributed by atoms with van der Waals surface area (Å²) < 4.78 is 0. The zero-order chi connectivity index (χ0) is 13.1. The molecular formula is C13H16N2O2S. The standard InChI is InChI=1S/C13H16N2O2S/c1-2-18-8-4-7-15-12(16)9-5-3-6-10(14)11(9)13(15)17/h3,5-6H,2,4,7-8,14H2,1H3. The number of thioether (sulfide) groups is 1. The third-order valence-electron chi connectivity index (χ3n) is 2.91. The second-order valence-electron chi connectivity index (χ2n) is 4.08. The van der Waals surface area contributed by atoms with Gasteiger partial charge in [-0.2, -0.15) is 11.8 Å².